The van der Waals surface area contributed by atoms with Crippen molar-refractivity contribution in [3.63, 3.8) is 0 Å². The first-order valence-electron chi connectivity index (χ1n) is 10.8. The summed E-state index contributed by atoms with van der Waals surface area (Å²) >= 11 is 1.37. The first-order chi connectivity index (χ1) is 16.2. The number of carbonyl (C=O) groups excluding carboxylic acids is 2. The Kier molecular flexibility index (Phi) is 6.89. The Hall–Kier alpha value is -3.38. The molecule has 0 bridgehead atoms. The minimum Gasteiger partial charge on any atom is -0.444 e. The molecule has 0 aliphatic carbocycles. The summed E-state index contributed by atoms with van der Waals surface area (Å²) in [7, 11) is 0. The molecule has 4 rings (SSSR count). The summed E-state index contributed by atoms with van der Waals surface area (Å²) < 4.78 is 12.2. The predicted octanol–water partition coefficient (Wildman–Crippen LogP) is 3.41. The third-order valence-corrected chi connectivity index (χ3v) is 5.36. The molecule has 1 saturated heterocycles. The largest absolute Gasteiger partial charge is 0.444 e. The molecule has 2 amide bonds. The number of fused-ring (bicyclic) bond motifs is 1. The van der Waals surface area contributed by atoms with E-state index < -0.39 is 11.7 Å². The fourth-order valence-corrected chi connectivity index (χ4v) is 3.63. The molecule has 34 heavy (non-hydrogen) atoms. The second kappa shape index (κ2) is 9.85. The standard InChI is InChI=1S/C22H27N7O4S/c1-22(2,3)33-21(31)25-16-13-29-18(26-20(34-4)27-19(29)24-16)23-15-7-5-14(6-8-15)17(30)28-9-11-32-12-10-28/h5-8,13H,9-12H2,1-4H3,(H,25,31)(H,23,24,26,27). The van der Waals surface area contributed by atoms with Crippen LogP contribution in [0.4, 0.5) is 22.2 Å². The number of nitrogens with one attached hydrogen (secondary N) is 2. The molecule has 1 aliphatic heterocycles. The van der Waals surface area contributed by atoms with Crippen LogP contribution in [0.25, 0.3) is 5.78 Å². The first-order valence-corrected chi connectivity index (χ1v) is 12.0. The van der Waals surface area contributed by atoms with Gasteiger partial charge in [0.05, 0.1) is 19.4 Å². The van der Waals surface area contributed by atoms with Gasteiger partial charge in [-0.2, -0.15) is 15.0 Å². The van der Waals surface area contributed by atoms with E-state index in [4.69, 9.17) is 9.47 Å². The van der Waals surface area contributed by atoms with Crippen LogP contribution in [0.1, 0.15) is 31.1 Å². The molecule has 2 aromatic heterocycles. The van der Waals surface area contributed by atoms with Gasteiger partial charge in [0.25, 0.3) is 5.91 Å². The zero-order valence-corrected chi connectivity index (χ0v) is 20.3. The van der Waals surface area contributed by atoms with Crippen LogP contribution in [0.5, 0.6) is 0 Å². The van der Waals surface area contributed by atoms with Gasteiger partial charge in [0, 0.05) is 24.3 Å². The Balaban J connectivity index is 1.54. The molecule has 180 valence electrons. The predicted molar refractivity (Wildman–Crippen MR) is 129 cm³/mol. The molecular weight excluding hydrogens is 458 g/mol. The quantitative estimate of drug-likeness (QED) is 0.523. The van der Waals surface area contributed by atoms with E-state index >= 15 is 0 Å². The molecule has 3 aromatic rings. The number of aromatic nitrogens is 4. The zero-order valence-electron chi connectivity index (χ0n) is 19.5. The number of hydrogen-bond donors (Lipinski definition) is 2. The number of morpholine rings is 1. The van der Waals surface area contributed by atoms with E-state index in [9.17, 15) is 9.59 Å². The number of anilines is 3. The van der Waals surface area contributed by atoms with Crippen molar-refractivity contribution in [2.45, 2.75) is 31.5 Å². The highest BCUT2D eigenvalue weighted by Crippen LogP contribution is 2.22. The van der Waals surface area contributed by atoms with Gasteiger partial charge in [-0.3, -0.25) is 14.5 Å². The number of hydrogen-bond acceptors (Lipinski definition) is 9. The van der Waals surface area contributed by atoms with Gasteiger partial charge in [-0.05, 0) is 51.3 Å². The average Bonchev–Trinajstić information content (AvgIpc) is 3.20. The molecule has 0 saturated carbocycles. The number of imidazole rings is 1. The molecule has 2 N–H and O–H groups in total. The van der Waals surface area contributed by atoms with Crippen LogP contribution < -0.4 is 10.6 Å². The summed E-state index contributed by atoms with van der Waals surface area (Å²) in [5.41, 5.74) is 0.717. The lowest BCUT2D eigenvalue weighted by atomic mass is 10.1. The highest BCUT2D eigenvalue weighted by Gasteiger charge is 2.20. The highest BCUT2D eigenvalue weighted by molar-refractivity contribution is 7.98. The van der Waals surface area contributed by atoms with Gasteiger partial charge < -0.3 is 19.7 Å². The third kappa shape index (κ3) is 5.75. The lowest BCUT2D eigenvalue weighted by Crippen LogP contribution is -2.40. The number of benzene rings is 1. The summed E-state index contributed by atoms with van der Waals surface area (Å²) in [6.45, 7) is 7.66. The Bertz CT molecular complexity index is 1180. The van der Waals surface area contributed by atoms with Crippen LogP contribution in [0.2, 0.25) is 0 Å². The van der Waals surface area contributed by atoms with Crippen LogP contribution in [-0.4, -0.2) is 74.4 Å². The zero-order chi connectivity index (χ0) is 24.3. The number of nitrogens with zero attached hydrogens (tertiary/aromatic N) is 5. The van der Waals surface area contributed by atoms with E-state index in [0.29, 0.717) is 48.7 Å². The monoisotopic (exact) mass is 485 g/mol. The molecule has 3 heterocycles. The van der Waals surface area contributed by atoms with E-state index in [0.717, 1.165) is 5.69 Å². The molecule has 0 atom stereocenters. The lowest BCUT2D eigenvalue weighted by molar-refractivity contribution is 0.0303. The summed E-state index contributed by atoms with van der Waals surface area (Å²) in [6.07, 6.45) is 2.87. The minimum atomic E-state index is -0.628. The van der Waals surface area contributed by atoms with Crippen LogP contribution >= 0.6 is 11.8 Å². The maximum atomic E-state index is 12.7. The van der Waals surface area contributed by atoms with E-state index in [2.05, 4.69) is 25.6 Å². The topological polar surface area (TPSA) is 123 Å². The second-order valence-electron chi connectivity index (χ2n) is 8.56. The number of carbonyl (C=O) groups is 2. The van der Waals surface area contributed by atoms with Crippen molar-refractivity contribution >= 4 is 47.0 Å². The Morgan fingerprint density at radius 1 is 1.09 bits per heavy atom. The second-order valence-corrected chi connectivity index (χ2v) is 9.34. The molecule has 1 fully saturated rings. The maximum absolute atomic E-state index is 12.7. The van der Waals surface area contributed by atoms with Crippen LogP contribution in [0.15, 0.2) is 35.6 Å². The van der Waals surface area contributed by atoms with Crippen molar-refractivity contribution < 1.29 is 19.1 Å². The highest BCUT2D eigenvalue weighted by atomic mass is 32.2. The maximum Gasteiger partial charge on any atom is 0.413 e. The first kappa shape index (κ1) is 23.8. The summed E-state index contributed by atoms with van der Waals surface area (Å²) in [4.78, 5) is 39.9. The summed E-state index contributed by atoms with van der Waals surface area (Å²) in [5.74, 6) is 1.10. The number of ether oxygens (including phenoxy) is 2. The van der Waals surface area contributed by atoms with Crippen LogP contribution in [0.3, 0.4) is 0 Å². The minimum absolute atomic E-state index is 0.0172. The fraction of sp³-hybridized carbons (Fsp3) is 0.409. The van der Waals surface area contributed by atoms with Gasteiger partial charge in [-0.15, -0.1) is 0 Å². The van der Waals surface area contributed by atoms with E-state index in [-0.39, 0.29) is 11.7 Å². The van der Waals surface area contributed by atoms with Crippen molar-refractivity contribution in [1.82, 2.24) is 24.3 Å². The number of thioether (sulfide) groups is 1. The fourth-order valence-electron chi connectivity index (χ4n) is 3.28. The summed E-state index contributed by atoms with van der Waals surface area (Å²) in [6, 6.07) is 7.18. The SMILES string of the molecule is CSc1nc(Nc2ccc(C(=O)N3CCOCC3)cc2)n2cc(NC(=O)OC(C)(C)C)nc2n1. The molecule has 11 nitrogen and oxygen atoms in total. The van der Waals surface area contributed by atoms with Gasteiger partial charge in [0.1, 0.15) is 5.60 Å². The lowest BCUT2D eigenvalue weighted by Gasteiger charge is -2.26. The van der Waals surface area contributed by atoms with Gasteiger partial charge >= 0.3 is 6.09 Å². The van der Waals surface area contributed by atoms with E-state index in [1.165, 1.54) is 11.8 Å². The molecular formula is C22H27N7O4S. The van der Waals surface area contributed by atoms with Crippen molar-refractivity contribution in [2.24, 2.45) is 0 Å². The van der Waals surface area contributed by atoms with Crippen molar-refractivity contribution in [1.29, 1.82) is 0 Å². The van der Waals surface area contributed by atoms with Gasteiger partial charge in [-0.25, -0.2) is 4.79 Å². The van der Waals surface area contributed by atoms with E-state index in [1.807, 2.05) is 18.4 Å². The Labute approximate surface area is 201 Å². The van der Waals surface area contributed by atoms with E-state index in [1.54, 1.807) is 48.4 Å². The van der Waals surface area contributed by atoms with Crippen LogP contribution in [-0.2, 0) is 9.47 Å². The molecule has 0 radical (unpaired) electrons. The Morgan fingerprint density at radius 2 is 1.79 bits per heavy atom. The summed E-state index contributed by atoms with van der Waals surface area (Å²) in [5, 5.41) is 6.38. The molecule has 12 heteroatoms. The van der Waals surface area contributed by atoms with Gasteiger partial charge in [0.2, 0.25) is 11.7 Å². The van der Waals surface area contributed by atoms with Crippen molar-refractivity contribution in [3.05, 3.63) is 36.0 Å². The van der Waals surface area contributed by atoms with Crippen molar-refractivity contribution in [3.8, 4) is 0 Å². The average molecular weight is 486 g/mol. The third-order valence-electron chi connectivity index (χ3n) is 4.81. The van der Waals surface area contributed by atoms with Crippen LogP contribution in [0, 0.1) is 0 Å². The molecule has 0 unspecified atom stereocenters. The normalized spacial score (nSPS) is 14.2. The van der Waals surface area contributed by atoms with Gasteiger partial charge in [-0.1, -0.05) is 11.8 Å². The van der Waals surface area contributed by atoms with Crippen molar-refractivity contribution in [2.75, 3.05) is 43.2 Å². The molecule has 1 aromatic carbocycles. The number of rotatable bonds is 5. The smallest absolute Gasteiger partial charge is 0.413 e. The molecule has 0 spiro atoms. The number of amides is 2. The Morgan fingerprint density at radius 3 is 2.44 bits per heavy atom. The molecule has 1 aliphatic rings. The van der Waals surface area contributed by atoms with Gasteiger partial charge in [0.15, 0.2) is 11.0 Å².